The minimum atomic E-state index is -0.118. The van der Waals surface area contributed by atoms with E-state index in [2.05, 4.69) is 20.6 Å². The molecule has 0 saturated heterocycles. The van der Waals surface area contributed by atoms with Crippen LogP contribution in [0.3, 0.4) is 0 Å². The van der Waals surface area contributed by atoms with E-state index in [1.807, 2.05) is 37.3 Å². The Labute approximate surface area is 147 Å². The third kappa shape index (κ3) is 4.54. The van der Waals surface area contributed by atoms with E-state index in [4.69, 9.17) is 5.11 Å². The highest BCUT2D eigenvalue weighted by Crippen LogP contribution is 2.27. The molecule has 6 nitrogen and oxygen atoms in total. The molecule has 0 radical (unpaired) electrons. The van der Waals surface area contributed by atoms with Gasteiger partial charge in [0.25, 0.3) is 0 Å². The van der Waals surface area contributed by atoms with Crippen molar-refractivity contribution in [2.45, 2.75) is 38.6 Å². The molecule has 1 saturated carbocycles. The monoisotopic (exact) mass is 340 g/mol. The van der Waals surface area contributed by atoms with E-state index in [0.29, 0.717) is 5.95 Å². The Balaban J connectivity index is 1.74. The third-order valence-corrected chi connectivity index (χ3v) is 4.46. The molecule has 1 unspecified atom stereocenters. The van der Waals surface area contributed by atoms with Gasteiger partial charge in [0.05, 0.1) is 12.3 Å². The molecule has 1 amide bonds. The summed E-state index contributed by atoms with van der Waals surface area (Å²) in [5, 5.41) is 15.2. The molecule has 25 heavy (non-hydrogen) atoms. The lowest BCUT2D eigenvalue weighted by Crippen LogP contribution is -2.21. The quantitative estimate of drug-likeness (QED) is 0.752. The van der Waals surface area contributed by atoms with Gasteiger partial charge in [0.1, 0.15) is 0 Å². The topological polar surface area (TPSA) is 87.1 Å². The average Bonchev–Trinajstić information content (AvgIpc) is 3.17. The number of aromatic nitrogens is 2. The number of hydrogen-bond donors (Lipinski definition) is 3. The number of anilines is 2. The predicted octanol–water partition coefficient (Wildman–Crippen LogP) is 3.07. The SMILES string of the molecule is CC(CO)Nc1nccc(-c2cccc(NC(=O)C3CCCC3)c2)n1. The van der Waals surface area contributed by atoms with Crippen LogP contribution in [-0.2, 0) is 4.79 Å². The van der Waals surface area contributed by atoms with Gasteiger partial charge in [-0.15, -0.1) is 0 Å². The van der Waals surface area contributed by atoms with Crippen LogP contribution in [0.25, 0.3) is 11.3 Å². The van der Waals surface area contributed by atoms with Crippen LogP contribution >= 0.6 is 0 Å². The molecule has 132 valence electrons. The maximum Gasteiger partial charge on any atom is 0.227 e. The predicted molar refractivity (Wildman–Crippen MR) is 98.2 cm³/mol. The van der Waals surface area contributed by atoms with Crippen molar-refractivity contribution in [2.24, 2.45) is 5.92 Å². The number of amides is 1. The van der Waals surface area contributed by atoms with Gasteiger partial charge in [-0.25, -0.2) is 9.97 Å². The maximum atomic E-state index is 12.3. The van der Waals surface area contributed by atoms with E-state index in [0.717, 1.165) is 42.6 Å². The first-order valence-corrected chi connectivity index (χ1v) is 8.77. The van der Waals surface area contributed by atoms with Crippen LogP contribution in [0.15, 0.2) is 36.5 Å². The van der Waals surface area contributed by atoms with Gasteiger partial charge in [0.2, 0.25) is 11.9 Å². The molecule has 1 atom stereocenters. The van der Waals surface area contributed by atoms with Crippen molar-refractivity contribution in [1.29, 1.82) is 0 Å². The fourth-order valence-electron chi connectivity index (χ4n) is 3.04. The second-order valence-electron chi connectivity index (χ2n) is 6.54. The zero-order valence-corrected chi connectivity index (χ0v) is 14.4. The molecule has 1 aromatic carbocycles. The molecule has 3 rings (SSSR count). The number of benzene rings is 1. The fraction of sp³-hybridized carbons (Fsp3) is 0.421. The summed E-state index contributed by atoms with van der Waals surface area (Å²) in [5.74, 6) is 0.717. The Morgan fingerprint density at radius 2 is 2.12 bits per heavy atom. The number of aliphatic hydroxyl groups excluding tert-OH is 1. The number of carbonyl (C=O) groups excluding carboxylic acids is 1. The number of carbonyl (C=O) groups is 1. The summed E-state index contributed by atoms with van der Waals surface area (Å²) < 4.78 is 0. The summed E-state index contributed by atoms with van der Waals surface area (Å²) in [6, 6.07) is 9.39. The van der Waals surface area contributed by atoms with Crippen molar-refractivity contribution < 1.29 is 9.90 Å². The first-order chi connectivity index (χ1) is 12.2. The van der Waals surface area contributed by atoms with Crippen LogP contribution in [0, 0.1) is 5.92 Å². The summed E-state index contributed by atoms with van der Waals surface area (Å²) in [6.45, 7) is 1.87. The summed E-state index contributed by atoms with van der Waals surface area (Å²) in [5.41, 5.74) is 2.46. The largest absolute Gasteiger partial charge is 0.394 e. The van der Waals surface area contributed by atoms with Gasteiger partial charge in [0.15, 0.2) is 0 Å². The lowest BCUT2D eigenvalue weighted by Gasteiger charge is -2.13. The first kappa shape index (κ1) is 17.4. The first-order valence-electron chi connectivity index (χ1n) is 8.77. The highest BCUT2D eigenvalue weighted by molar-refractivity contribution is 5.93. The molecular formula is C19H24N4O2. The molecule has 1 heterocycles. The van der Waals surface area contributed by atoms with Gasteiger partial charge in [0, 0.05) is 29.4 Å². The van der Waals surface area contributed by atoms with Gasteiger partial charge in [-0.1, -0.05) is 25.0 Å². The van der Waals surface area contributed by atoms with E-state index in [1.165, 1.54) is 0 Å². The van der Waals surface area contributed by atoms with Gasteiger partial charge < -0.3 is 15.7 Å². The van der Waals surface area contributed by atoms with Crippen LogP contribution in [0.2, 0.25) is 0 Å². The minimum Gasteiger partial charge on any atom is -0.394 e. The van der Waals surface area contributed by atoms with Crippen molar-refractivity contribution >= 4 is 17.5 Å². The van der Waals surface area contributed by atoms with Gasteiger partial charge in [-0.05, 0) is 38.0 Å². The van der Waals surface area contributed by atoms with E-state index >= 15 is 0 Å². The summed E-state index contributed by atoms with van der Waals surface area (Å²) in [6.07, 6.45) is 5.92. The zero-order valence-electron chi connectivity index (χ0n) is 14.4. The Hall–Kier alpha value is -2.47. The normalized spacial score (nSPS) is 15.8. The second-order valence-corrected chi connectivity index (χ2v) is 6.54. The molecule has 0 aliphatic heterocycles. The number of rotatable bonds is 6. The second kappa shape index (κ2) is 8.07. The summed E-state index contributed by atoms with van der Waals surface area (Å²) in [7, 11) is 0. The maximum absolute atomic E-state index is 12.3. The van der Waals surface area contributed by atoms with Gasteiger partial charge in [-0.2, -0.15) is 0 Å². The minimum absolute atomic E-state index is 0.0102. The highest BCUT2D eigenvalue weighted by Gasteiger charge is 2.22. The van der Waals surface area contributed by atoms with Crippen LogP contribution in [0.5, 0.6) is 0 Å². The molecule has 2 aromatic rings. The molecule has 1 aromatic heterocycles. The number of nitrogens with one attached hydrogen (secondary N) is 2. The standard InChI is InChI=1S/C19H24N4O2/c1-13(12-24)21-19-20-10-9-17(23-19)15-7-4-8-16(11-15)22-18(25)14-5-2-3-6-14/h4,7-11,13-14,24H,2-3,5-6,12H2,1H3,(H,22,25)(H,20,21,23). The van der Waals surface area contributed by atoms with Crippen molar-refractivity contribution in [1.82, 2.24) is 9.97 Å². The lowest BCUT2D eigenvalue weighted by molar-refractivity contribution is -0.119. The lowest BCUT2D eigenvalue weighted by atomic mass is 10.1. The Kier molecular flexibility index (Phi) is 5.60. The molecular weight excluding hydrogens is 316 g/mol. The van der Waals surface area contributed by atoms with Crippen molar-refractivity contribution in [3.8, 4) is 11.3 Å². The van der Waals surface area contributed by atoms with Gasteiger partial charge in [-0.3, -0.25) is 4.79 Å². The number of aliphatic hydroxyl groups is 1. The molecule has 0 bridgehead atoms. The van der Waals surface area contributed by atoms with Crippen LogP contribution in [-0.4, -0.2) is 33.6 Å². The smallest absolute Gasteiger partial charge is 0.227 e. The summed E-state index contributed by atoms with van der Waals surface area (Å²) >= 11 is 0. The fourth-order valence-corrected chi connectivity index (χ4v) is 3.04. The Morgan fingerprint density at radius 3 is 2.88 bits per heavy atom. The van der Waals surface area contributed by atoms with Crippen molar-refractivity contribution in [2.75, 3.05) is 17.2 Å². The van der Waals surface area contributed by atoms with Crippen molar-refractivity contribution in [3.05, 3.63) is 36.5 Å². The van der Waals surface area contributed by atoms with E-state index in [-0.39, 0.29) is 24.5 Å². The highest BCUT2D eigenvalue weighted by atomic mass is 16.3. The van der Waals surface area contributed by atoms with Gasteiger partial charge >= 0.3 is 0 Å². The molecule has 0 spiro atoms. The van der Waals surface area contributed by atoms with Crippen LogP contribution < -0.4 is 10.6 Å². The Morgan fingerprint density at radius 1 is 1.32 bits per heavy atom. The molecule has 1 aliphatic carbocycles. The molecule has 1 fully saturated rings. The van der Waals surface area contributed by atoms with E-state index < -0.39 is 0 Å². The number of hydrogen-bond acceptors (Lipinski definition) is 5. The van der Waals surface area contributed by atoms with Crippen LogP contribution in [0.1, 0.15) is 32.6 Å². The zero-order chi connectivity index (χ0) is 17.6. The van der Waals surface area contributed by atoms with Crippen LogP contribution in [0.4, 0.5) is 11.6 Å². The van der Waals surface area contributed by atoms with Crippen molar-refractivity contribution in [3.63, 3.8) is 0 Å². The number of nitrogens with zero attached hydrogens (tertiary/aromatic N) is 2. The van der Waals surface area contributed by atoms with E-state index in [9.17, 15) is 4.79 Å². The molecule has 6 heteroatoms. The molecule has 3 N–H and O–H groups in total. The average molecular weight is 340 g/mol. The van der Waals surface area contributed by atoms with E-state index in [1.54, 1.807) is 6.20 Å². The molecule has 1 aliphatic rings. The Bertz CT molecular complexity index is 729. The third-order valence-electron chi connectivity index (χ3n) is 4.46. The summed E-state index contributed by atoms with van der Waals surface area (Å²) in [4.78, 5) is 21.0.